The number of carboxylic acid groups (broad SMARTS) is 1. The number of carbonyl (C=O) groups is 2. The third kappa shape index (κ3) is 5.08. The van der Waals surface area contributed by atoms with E-state index in [1.165, 1.54) is 31.1 Å². The van der Waals surface area contributed by atoms with Crippen molar-refractivity contribution >= 4 is 37.8 Å². The molecule has 7 nitrogen and oxygen atoms in total. The second kappa shape index (κ2) is 7.70. The van der Waals surface area contributed by atoms with Crippen LogP contribution in [-0.2, 0) is 19.6 Å². The molecule has 0 heterocycles. The summed E-state index contributed by atoms with van der Waals surface area (Å²) in [4.78, 5) is 23.7. The fourth-order valence-electron chi connectivity index (χ4n) is 1.57. The first-order valence-corrected chi connectivity index (χ1v) is 8.55. The van der Waals surface area contributed by atoms with Crippen molar-refractivity contribution in [2.75, 3.05) is 27.2 Å². The molecular formula is C13H17BrN2O5S. The van der Waals surface area contributed by atoms with Crippen LogP contribution in [0.25, 0.3) is 0 Å². The zero-order valence-corrected chi connectivity index (χ0v) is 14.6. The van der Waals surface area contributed by atoms with Crippen molar-refractivity contribution in [1.82, 2.24) is 9.21 Å². The van der Waals surface area contributed by atoms with Crippen LogP contribution in [0.15, 0.2) is 33.6 Å². The summed E-state index contributed by atoms with van der Waals surface area (Å²) < 4.78 is 26.3. The van der Waals surface area contributed by atoms with Crippen LogP contribution in [0.2, 0.25) is 0 Å². The number of sulfonamides is 1. The molecule has 0 spiro atoms. The van der Waals surface area contributed by atoms with E-state index in [1.54, 1.807) is 12.1 Å². The lowest BCUT2D eigenvalue weighted by Gasteiger charge is -2.21. The summed E-state index contributed by atoms with van der Waals surface area (Å²) in [7, 11) is -1.03. The minimum Gasteiger partial charge on any atom is -0.481 e. The predicted octanol–water partition coefficient (Wildman–Crippen LogP) is 1.00. The number of amides is 1. The lowest BCUT2D eigenvalue weighted by Crippen LogP contribution is -2.40. The molecule has 0 saturated heterocycles. The summed E-state index contributed by atoms with van der Waals surface area (Å²) in [5.41, 5.74) is 0. The molecule has 1 rings (SSSR count). The average molecular weight is 393 g/mol. The van der Waals surface area contributed by atoms with Crippen LogP contribution in [-0.4, -0.2) is 61.8 Å². The second-order valence-electron chi connectivity index (χ2n) is 4.67. The molecule has 0 aliphatic carbocycles. The number of likely N-dealkylation sites (N-methyl/N-ethyl adjacent to an activating group) is 2. The van der Waals surface area contributed by atoms with Gasteiger partial charge in [-0.2, -0.15) is 4.31 Å². The highest BCUT2D eigenvalue weighted by molar-refractivity contribution is 9.10. The quantitative estimate of drug-likeness (QED) is 0.746. The molecule has 0 saturated carbocycles. The molecule has 0 unspecified atom stereocenters. The number of benzene rings is 1. The molecule has 1 N–H and O–H groups in total. The van der Waals surface area contributed by atoms with Gasteiger partial charge in [-0.15, -0.1) is 0 Å². The first-order valence-electron chi connectivity index (χ1n) is 6.32. The topological polar surface area (TPSA) is 95.0 Å². The van der Waals surface area contributed by atoms with Crippen LogP contribution in [0.5, 0.6) is 0 Å². The van der Waals surface area contributed by atoms with Gasteiger partial charge in [0.25, 0.3) is 0 Å². The van der Waals surface area contributed by atoms with Gasteiger partial charge in [0.05, 0.1) is 17.9 Å². The summed E-state index contributed by atoms with van der Waals surface area (Å²) in [6.45, 7) is -0.325. The minimum atomic E-state index is -3.77. The Morgan fingerprint density at radius 3 is 2.23 bits per heavy atom. The predicted molar refractivity (Wildman–Crippen MR) is 83.8 cm³/mol. The van der Waals surface area contributed by atoms with E-state index in [-0.39, 0.29) is 24.4 Å². The molecule has 0 radical (unpaired) electrons. The van der Waals surface area contributed by atoms with Gasteiger partial charge in [0, 0.05) is 25.1 Å². The van der Waals surface area contributed by atoms with Crippen molar-refractivity contribution in [3.8, 4) is 0 Å². The largest absolute Gasteiger partial charge is 0.481 e. The van der Waals surface area contributed by atoms with Gasteiger partial charge in [-0.25, -0.2) is 8.42 Å². The second-order valence-corrected chi connectivity index (χ2v) is 7.63. The smallest absolute Gasteiger partial charge is 0.305 e. The summed E-state index contributed by atoms with van der Waals surface area (Å²) in [6.07, 6.45) is -0.189. The molecular weight excluding hydrogens is 376 g/mol. The lowest BCUT2D eigenvalue weighted by atomic mass is 10.4. The maximum Gasteiger partial charge on any atom is 0.305 e. The van der Waals surface area contributed by atoms with E-state index in [1.807, 2.05) is 0 Å². The molecule has 9 heteroatoms. The number of aliphatic carboxylic acids is 1. The molecule has 22 heavy (non-hydrogen) atoms. The Morgan fingerprint density at radius 1 is 1.18 bits per heavy atom. The first-order chi connectivity index (χ1) is 10.1. The summed E-state index contributed by atoms with van der Waals surface area (Å²) >= 11 is 3.22. The third-order valence-corrected chi connectivity index (χ3v) is 5.31. The fraction of sp³-hybridized carbons (Fsp3) is 0.385. The van der Waals surface area contributed by atoms with Gasteiger partial charge in [0.2, 0.25) is 15.9 Å². The maximum atomic E-state index is 12.3. The summed E-state index contributed by atoms with van der Waals surface area (Å²) in [6, 6.07) is 6.08. The molecule has 0 aromatic heterocycles. The van der Waals surface area contributed by atoms with Gasteiger partial charge in [-0.05, 0) is 24.3 Å². The number of halogens is 1. The van der Waals surface area contributed by atoms with Crippen LogP contribution in [0.3, 0.4) is 0 Å². The SMILES string of the molecule is CN(CCC(=O)O)C(=O)CN(C)S(=O)(=O)c1ccc(Br)cc1. The van der Waals surface area contributed by atoms with Gasteiger partial charge in [0.1, 0.15) is 0 Å². The third-order valence-electron chi connectivity index (χ3n) is 2.97. The van der Waals surface area contributed by atoms with Crippen molar-refractivity contribution in [1.29, 1.82) is 0 Å². The van der Waals surface area contributed by atoms with Crippen LogP contribution < -0.4 is 0 Å². The van der Waals surface area contributed by atoms with Crippen molar-refractivity contribution in [3.05, 3.63) is 28.7 Å². The number of carboxylic acids is 1. The van der Waals surface area contributed by atoms with Gasteiger partial charge in [0.15, 0.2) is 0 Å². The molecule has 1 aromatic carbocycles. The Bertz CT molecular complexity index is 645. The zero-order chi connectivity index (χ0) is 16.9. The van der Waals surface area contributed by atoms with E-state index < -0.39 is 21.9 Å². The highest BCUT2D eigenvalue weighted by Gasteiger charge is 2.24. The highest BCUT2D eigenvalue weighted by atomic mass is 79.9. The van der Waals surface area contributed by atoms with Crippen LogP contribution >= 0.6 is 15.9 Å². The Balaban J connectivity index is 2.74. The Kier molecular flexibility index (Phi) is 6.51. The molecule has 0 aliphatic heterocycles. The van der Waals surface area contributed by atoms with Gasteiger partial charge in [-0.3, -0.25) is 9.59 Å². The number of rotatable bonds is 7. The minimum absolute atomic E-state index is 0.0281. The molecule has 0 atom stereocenters. The number of hydrogen-bond acceptors (Lipinski definition) is 4. The maximum absolute atomic E-state index is 12.3. The standard InChI is InChI=1S/C13H17BrN2O5S/c1-15(8-7-13(18)19)12(17)9-16(2)22(20,21)11-5-3-10(14)4-6-11/h3-6H,7-9H2,1-2H3,(H,18,19). The number of nitrogens with zero attached hydrogens (tertiary/aromatic N) is 2. The van der Waals surface area contributed by atoms with E-state index in [0.29, 0.717) is 0 Å². The van der Waals surface area contributed by atoms with Gasteiger partial charge < -0.3 is 10.0 Å². The fourth-order valence-corrected chi connectivity index (χ4v) is 2.96. The average Bonchev–Trinajstić information content (AvgIpc) is 2.44. The molecule has 1 amide bonds. The van der Waals surface area contributed by atoms with Gasteiger partial charge in [-0.1, -0.05) is 15.9 Å². The van der Waals surface area contributed by atoms with E-state index in [0.717, 1.165) is 8.78 Å². The Labute approximate surface area is 137 Å². The highest BCUT2D eigenvalue weighted by Crippen LogP contribution is 2.17. The van der Waals surface area contributed by atoms with Crippen LogP contribution in [0, 0.1) is 0 Å². The number of hydrogen-bond donors (Lipinski definition) is 1. The summed E-state index contributed by atoms with van der Waals surface area (Å²) in [5.74, 6) is -1.49. The van der Waals surface area contributed by atoms with E-state index in [9.17, 15) is 18.0 Å². The molecule has 122 valence electrons. The van der Waals surface area contributed by atoms with E-state index >= 15 is 0 Å². The molecule has 0 fully saturated rings. The molecule has 0 bridgehead atoms. The van der Waals surface area contributed by atoms with Crippen LogP contribution in [0.1, 0.15) is 6.42 Å². The van der Waals surface area contributed by atoms with Crippen molar-refractivity contribution < 1.29 is 23.1 Å². The molecule has 0 aliphatic rings. The normalized spacial score (nSPS) is 11.5. The first kappa shape index (κ1) is 18.6. The molecule has 1 aromatic rings. The van der Waals surface area contributed by atoms with Crippen molar-refractivity contribution in [2.45, 2.75) is 11.3 Å². The Morgan fingerprint density at radius 2 is 1.73 bits per heavy atom. The zero-order valence-electron chi connectivity index (χ0n) is 12.2. The number of carbonyl (C=O) groups excluding carboxylic acids is 1. The monoisotopic (exact) mass is 392 g/mol. The van der Waals surface area contributed by atoms with Crippen molar-refractivity contribution in [2.24, 2.45) is 0 Å². The summed E-state index contributed by atoms with van der Waals surface area (Å²) in [5, 5.41) is 8.58. The van der Waals surface area contributed by atoms with E-state index in [4.69, 9.17) is 5.11 Å². The van der Waals surface area contributed by atoms with Crippen LogP contribution in [0.4, 0.5) is 0 Å². The van der Waals surface area contributed by atoms with Gasteiger partial charge >= 0.3 is 5.97 Å². The lowest BCUT2D eigenvalue weighted by molar-refractivity contribution is -0.138. The van der Waals surface area contributed by atoms with E-state index in [2.05, 4.69) is 15.9 Å². The van der Waals surface area contributed by atoms with Crippen molar-refractivity contribution in [3.63, 3.8) is 0 Å². The Hall–Kier alpha value is -1.45.